The summed E-state index contributed by atoms with van der Waals surface area (Å²) < 4.78 is 0. The van der Waals surface area contributed by atoms with Crippen LogP contribution in [0.25, 0.3) is 0 Å². The van der Waals surface area contributed by atoms with E-state index in [-0.39, 0.29) is 5.91 Å². The molecule has 0 aromatic rings. The van der Waals surface area contributed by atoms with E-state index in [4.69, 9.17) is 0 Å². The van der Waals surface area contributed by atoms with Gasteiger partial charge in [0.1, 0.15) is 0 Å². The molecule has 2 fully saturated rings. The highest BCUT2D eigenvalue weighted by molar-refractivity contribution is 5.74. The summed E-state index contributed by atoms with van der Waals surface area (Å²) in [6.07, 6.45) is 2.60. The Morgan fingerprint density at radius 3 is 2.54 bits per heavy atom. The molecule has 1 spiro atoms. The van der Waals surface area contributed by atoms with Crippen LogP contribution < -0.4 is 0 Å². The second kappa shape index (κ2) is 2.98. The van der Waals surface area contributed by atoms with E-state index < -0.39 is 0 Å². The van der Waals surface area contributed by atoms with Gasteiger partial charge in [-0.05, 0) is 26.4 Å². The van der Waals surface area contributed by atoms with Gasteiger partial charge >= 0.3 is 0 Å². The number of nitrogens with zero attached hydrogens (tertiary/aromatic N) is 2. The first kappa shape index (κ1) is 9.00. The Bertz CT molecular complexity index is 221. The van der Waals surface area contributed by atoms with Crippen LogP contribution in [0.4, 0.5) is 0 Å². The van der Waals surface area contributed by atoms with Crippen LogP contribution in [-0.2, 0) is 4.79 Å². The molecule has 0 aliphatic carbocycles. The molecule has 3 nitrogen and oxygen atoms in total. The number of likely N-dealkylation sites (tertiary alicyclic amines) is 2. The molecule has 3 heteroatoms. The Labute approximate surface area is 79.7 Å². The summed E-state index contributed by atoms with van der Waals surface area (Å²) in [7, 11) is 2.18. The maximum absolute atomic E-state index is 11.0. The van der Waals surface area contributed by atoms with E-state index in [9.17, 15) is 4.79 Å². The molecular formula is C10H18N2O. The topological polar surface area (TPSA) is 23.6 Å². The normalized spacial score (nSPS) is 27.4. The average molecular weight is 182 g/mol. The number of rotatable bonds is 0. The minimum Gasteiger partial charge on any atom is -0.342 e. The van der Waals surface area contributed by atoms with Crippen molar-refractivity contribution in [2.45, 2.75) is 19.8 Å². The average Bonchev–Trinajstić information content (AvgIpc) is 1.99. The number of carbonyl (C=O) groups is 1. The highest BCUT2D eigenvalue weighted by atomic mass is 16.2. The van der Waals surface area contributed by atoms with Crippen molar-refractivity contribution < 1.29 is 4.79 Å². The number of hydrogen-bond donors (Lipinski definition) is 0. The Balaban J connectivity index is 1.91. The molecule has 0 bridgehead atoms. The van der Waals surface area contributed by atoms with Crippen molar-refractivity contribution in [2.24, 2.45) is 5.41 Å². The van der Waals surface area contributed by atoms with Crippen LogP contribution in [0, 0.1) is 5.41 Å². The number of carbonyl (C=O) groups excluding carboxylic acids is 1. The van der Waals surface area contributed by atoms with E-state index in [2.05, 4.69) is 11.9 Å². The van der Waals surface area contributed by atoms with E-state index in [1.807, 2.05) is 4.90 Å². The predicted molar refractivity (Wildman–Crippen MR) is 51.4 cm³/mol. The zero-order chi connectivity index (χ0) is 9.47. The van der Waals surface area contributed by atoms with Gasteiger partial charge < -0.3 is 9.80 Å². The van der Waals surface area contributed by atoms with Gasteiger partial charge in [0.25, 0.3) is 0 Å². The zero-order valence-corrected chi connectivity index (χ0v) is 8.55. The molecule has 0 aromatic carbocycles. The van der Waals surface area contributed by atoms with Gasteiger partial charge in [-0.1, -0.05) is 0 Å². The van der Waals surface area contributed by atoms with E-state index in [1.165, 1.54) is 25.9 Å². The molecule has 0 saturated carbocycles. The highest BCUT2D eigenvalue weighted by Gasteiger charge is 2.45. The zero-order valence-electron chi connectivity index (χ0n) is 8.55. The third-order valence-electron chi connectivity index (χ3n) is 3.35. The third-order valence-corrected chi connectivity index (χ3v) is 3.35. The van der Waals surface area contributed by atoms with Gasteiger partial charge in [0.15, 0.2) is 0 Å². The first-order valence-electron chi connectivity index (χ1n) is 5.05. The molecule has 2 aliphatic heterocycles. The molecular weight excluding hydrogens is 164 g/mol. The van der Waals surface area contributed by atoms with Crippen LogP contribution in [0.5, 0.6) is 0 Å². The monoisotopic (exact) mass is 182 g/mol. The summed E-state index contributed by atoms with van der Waals surface area (Å²) >= 11 is 0. The number of amides is 1. The molecule has 2 aliphatic rings. The minimum absolute atomic E-state index is 0.235. The van der Waals surface area contributed by atoms with Gasteiger partial charge in [-0.3, -0.25) is 4.79 Å². The van der Waals surface area contributed by atoms with E-state index in [1.54, 1.807) is 6.92 Å². The summed E-state index contributed by atoms with van der Waals surface area (Å²) in [5.41, 5.74) is 0.457. The molecule has 2 heterocycles. The lowest BCUT2D eigenvalue weighted by Gasteiger charge is -2.54. The smallest absolute Gasteiger partial charge is 0.219 e. The van der Waals surface area contributed by atoms with Crippen molar-refractivity contribution >= 4 is 5.91 Å². The van der Waals surface area contributed by atoms with Crippen LogP contribution in [0.2, 0.25) is 0 Å². The van der Waals surface area contributed by atoms with Crippen LogP contribution in [0.15, 0.2) is 0 Å². The lowest BCUT2D eigenvalue weighted by Crippen LogP contribution is -2.63. The second-order valence-electron chi connectivity index (χ2n) is 4.72. The largest absolute Gasteiger partial charge is 0.342 e. The van der Waals surface area contributed by atoms with Gasteiger partial charge in [0.05, 0.1) is 0 Å². The Morgan fingerprint density at radius 1 is 1.31 bits per heavy atom. The first-order valence-corrected chi connectivity index (χ1v) is 5.05. The number of piperidine rings is 1. The van der Waals surface area contributed by atoms with Crippen molar-refractivity contribution in [1.29, 1.82) is 0 Å². The minimum atomic E-state index is 0.235. The van der Waals surface area contributed by atoms with Crippen molar-refractivity contribution in [3.63, 3.8) is 0 Å². The van der Waals surface area contributed by atoms with Gasteiger partial charge in [-0.25, -0.2) is 0 Å². The maximum Gasteiger partial charge on any atom is 0.219 e. The lowest BCUT2D eigenvalue weighted by molar-refractivity contribution is -0.144. The van der Waals surface area contributed by atoms with Crippen molar-refractivity contribution in [3.8, 4) is 0 Å². The van der Waals surface area contributed by atoms with Crippen molar-refractivity contribution in [3.05, 3.63) is 0 Å². The molecule has 0 unspecified atom stereocenters. The fourth-order valence-electron chi connectivity index (χ4n) is 2.70. The van der Waals surface area contributed by atoms with E-state index in [0.29, 0.717) is 5.41 Å². The summed E-state index contributed by atoms with van der Waals surface area (Å²) in [6, 6.07) is 0. The fourth-order valence-corrected chi connectivity index (χ4v) is 2.70. The SMILES string of the molecule is CC(=O)N1CC2(CCCN(C)C2)C1. The van der Waals surface area contributed by atoms with Gasteiger partial charge in [-0.2, -0.15) is 0 Å². The second-order valence-corrected chi connectivity index (χ2v) is 4.72. The first-order chi connectivity index (χ1) is 6.11. The van der Waals surface area contributed by atoms with Gasteiger partial charge in [0, 0.05) is 32.0 Å². The van der Waals surface area contributed by atoms with E-state index in [0.717, 1.165) is 13.1 Å². The van der Waals surface area contributed by atoms with Crippen LogP contribution in [0.1, 0.15) is 19.8 Å². The standard InChI is InChI=1S/C10H18N2O/c1-9(13)12-7-10(8-12)4-3-5-11(2)6-10/h3-8H2,1-2H3. The molecule has 74 valence electrons. The maximum atomic E-state index is 11.0. The van der Waals surface area contributed by atoms with Crippen LogP contribution >= 0.6 is 0 Å². The van der Waals surface area contributed by atoms with Crippen molar-refractivity contribution in [1.82, 2.24) is 9.80 Å². The fraction of sp³-hybridized carbons (Fsp3) is 0.900. The molecule has 13 heavy (non-hydrogen) atoms. The summed E-state index contributed by atoms with van der Waals surface area (Å²) in [4.78, 5) is 15.4. The molecule has 2 rings (SSSR count). The lowest BCUT2D eigenvalue weighted by atomic mass is 9.73. The third kappa shape index (κ3) is 1.57. The quantitative estimate of drug-likeness (QED) is 0.546. The van der Waals surface area contributed by atoms with Gasteiger partial charge in [0.2, 0.25) is 5.91 Å². The molecule has 0 aromatic heterocycles. The molecule has 2 saturated heterocycles. The summed E-state index contributed by atoms with van der Waals surface area (Å²) in [5.74, 6) is 0.235. The van der Waals surface area contributed by atoms with E-state index >= 15 is 0 Å². The molecule has 1 amide bonds. The van der Waals surface area contributed by atoms with Crippen LogP contribution in [0.3, 0.4) is 0 Å². The summed E-state index contributed by atoms with van der Waals surface area (Å²) in [6.45, 7) is 6.05. The van der Waals surface area contributed by atoms with Gasteiger partial charge in [-0.15, -0.1) is 0 Å². The molecule has 0 atom stereocenters. The Hall–Kier alpha value is -0.570. The van der Waals surface area contributed by atoms with Crippen LogP contribution in [-0.4, -0.2) is 48.9 Å². The summed E-state index contributed by atoms with van der Waals surface area (Å²) in [5, 5.41) is 0. The number of hydrogen-bond acceptors (Lipinski definition) is 2. The Morgan fingerprint density at radius 2 is 2.00 bits per heavy atom. The molecule has 0 radical (unpaired) electrons. The van der Waals surface area contributed by atoms with Crippen molar-refractivity contribution in [2.75, 3.05) is 33.2 Å². The predicted octanol–water partition coefficient (Wildman–Crippen LogP) is 0.560. The highest BCUT2D eigenvalue weighted by Crippen LogP contribution is 2.38. The Kier molecular flexibility index (Phi) is 2.06. The molecule has 0 N–H and O–H groups in total.